The van der Waals surface area contributed by atoms with E-state index in [-0.39, 0.29) is 12.5 Å². The number of hydrogen-bond acceptors (Lipinski definition) is 3. The number of amides is 1. The van der Waals surface area contributed by atoms with E-state index in [4.69, 9.17) is 9.47 Å². The second-order valence-electron chi connectivity index (χ2n) is 4.93. The van der Waals surface area contributed by atoms with Crippen molar-refractivity contribution < 1.29 is 14.3 Å². The maximum absolute atomic E-state index is 11.7. The van der Waals surface area contributed by atoms with E-state index in [1.54, 1.807) is 7.11 Å². The molecule has 1 rings (SSSR count). The van der Waals surface area contributed by atoms with Gasteiger partial charge in [0.1, 0.15) is 0 Å². The highest BCUT2D eigenvalue weighted by Gasteiger charge is 2.09. The quantitative estimate of drug-likeness (QED) is 0.796. The van der Waals surface area contributed by atoms with Crippen molar-refractivity contribution in [3.63, 3.8) is 0 Å². The maximum Gasteiger partial charge on any atom is 0.257 e. The van der Waals surface area contributed by atoms with Crippen molar-refractivity contribution in [2.45, 2.75) is 33.6 Å². The number of benzene rings is 1. The third-order valence-electron chi connectivity index (χ3n) is 3.42. The zero-order valence-corrected chi connectivity index (χ0v) is 12.9. The molecule has 1 amide bonds. The lowest BCUT2D eigenvalue weighted by atomic mass is 10.0. The Bertz CT molecular complexity index is 428. The van der Waals surface area contributed by atoms with Crippen LogP contribution in [0.3, 0.4) is 0 Å². The van der Waals surface area contributed by atoms with Crippen LogP contribution in [0.1, 0.15) is 32.3 Å². The molecule has 0 aromatic heterocycles. The van der Waals surface area contributed by atoms with Crippen LogP contribution in [0.4, 0.5) is 0 Å². The Kier molecular flexibility index (Phi) is 6.91. The van der Waals surface area contributed by atoms with E-state index < -0.39 is 0 Å². The maximum atomic E-state index is 11.7. The van der Waals surface area contributed by atoms with Crippen molar-refractivity contribution in [3.05, 3.63) is 23.8 Å². The second-order valence-corrected chi connectivity index (χ2v) is 4.93. The summed E-state index contributed by atoms with van der Waals surface area (Å²) < 4.78 is 10.7. The third-order valence-corrected chi connectivity index (χ3v) is 3.42. The lowest BCUT2D eigenvalue weighted by Crippen LogP contribution is -2.32. The average Bonchev–Trinajstić information content (AvgIpc) is 2.46. The Morgan fingerprint density at radius 1 is 1.25 bits per heavy atom. The molecule has 20 heavy (non-hydrogen) atoms. The molecule has 1 N–H and O–H groups in total. The van der Waals surface area contributed by atoms with Gasteiger partial charge in [0.2, 0.25) is 0 Å². The van der Waals surface area contributed by atoms with Crippen LogP contribution in [0.25, 0.3) is 0 Å². The van der Waals surface area contributed by atoms with Crippen LogP contribution in [0.15, 0.2) is 18.2 Å². The Morgan fingerprint density at radius 2 is 1.95 bits per heavy atom. The molecule has 0 aliphatic rings. The first-order valence-electron chi connectivity index (χ1n) is 7.14. The molecular formula is C16H25NO3. The molecule has 0 bridgehead atoms. The van der Waals surface area contributed by atoms with Gasteiger partial charge in [-0.1, -0.05) is 32.8 Å². The van der Waals surface area contributed by atoms with Crippen LogP contribution < -0.4 is 14.8 Å². The molecule has 1 aromatic rings. The van der Waals surface area contributed by atoms with Gasteiger partial charge >= 0.3 is 0 Å². The second kappa shape index (κ2) is 8.46. The van der Waals surface area contributed by atoms with Gasteiger partial charge < -0.3 is 14.8 Å². The lowest BCUT2D eigenvalue weighted by molar-refractivity contribution is -0.123. The highest BCUT2D eigenvalue weighted by Crippen LogP contribution is 2.27. The number of hydrogen-bond donors (Lipinski definition) is 1. The van der Waals surface area contributed by atoms with E-state index in [0.717, 1.165) is 18.4 Å². The summed E-state index contributed by atoms with van der Waals surface area (Å²) in [6.45, 7) is 6.97. The minimum Gasteiger partial charge on any atom is -0.493 e. The van der Waals surface area contributed by atoms with Gasteiger partial charge in [-0.15, -0.1) is 0 Å². The number of aryl methyl sites for hydroxylation is 1. The van der Waals surface area contributed by atoms with E-state index in [0.29, 0.717) is 24.0 Å². The molecule has 0 aliphatic carbocycles. The molecule has 4 nitrogen and oxygen atoms in total. The van der Waals surface area contributed by atoms with E-state index in [2.05, 4.69) is 19.2 Å². The first-order chi connectivity index (χ1) is 9.60. The van der Waals surface area contributed by atoms with Crippen LogP contribution in [-0.4, -0.2) is 26.2 Å². The minimum absolute atomic E-state index is 0.0135. The van der Waals surface area contributed by atoms with Crippen LogP contribution in [0.2, 0.25) is 0 Å². The largest absolute Gasteiger partial charge is 0.493 e. The van der Waals surface area contributed by atoms with E-state index >= 15 is 0 Å². The predicted molar refractivity (Wildman–Crippen MR) is 80.3 cm³/mol. The van der Waals surface area contributed by atoms with Crippen LogP contribution in [-0.2, 0) is 4.79 Å². The molecule has 1 aromatic carbocycles. The number of carbonyl (C=O) groups excluding carboxylic acids is 1. The third kappa shape index (κ3) is 5.11. The summed E-state index contributed by atoms with van der Waals surface area (Å²) in [5, 5.41) is 2.90. The van der Waals surface area contributed by atoms with E-state index in [1.807, 2.05) is 25.1 Å². The van der Waals surface area contributed by atoms with Gasteiger partial charge in [0, 0.05) is 6.54 Å². The molecule has 0 aliphatic heterocycles. The van der Waals surface area contributed by atoms with Crippen LogP contribution >= 0.6 is 0 Å². The molecular weight excluding hydrogens is 254 g/mol. The number of ether oxygens (including phenoxy) is 2. The van der Waals surface area contributed by atoms with Crippen molar-refractivity contribution >= 4 is 5.91 Å². The number of rotatable bonds is 8. The normalized spacial score (nSPS) is 10.4. The molecule has 4 heteroatoms. The molecule has 0 atom stereocenters. The number of carbonyl (C=O) groups is 1. The first kappa shape index (κ1) is 16.3. The van der Waals surface area contributed by atoms with Gasteiger partial charge in [-0.3, -0.25) is 4.79 Å². The fraction of sp³-hybridized carbons (Fsp3) is 0.562. The van der Waals surface area contributed by atoms with Gasteiger partial charge in [0.05, 0.1) is 7.11 Å². The van der Waals surface area contributed by atoms with Gasteiger partial charge in [0.25, 0.3) is 5.91 Å². The molecule has 0 saturated carbocycles. The topological polar surface area (TPSA) is 47.6 Å². The first-order valence-corrected chi connectivity index (χ1v) is 7.14. The smallest absolute Gasteiger partial charge is 0.257 e. The molecule has 0 spiro atoms. The molecule has 0 fully saturated rings. The Morgan fingerprint density at radius 3 is 2.55 bits per heavy atom. The predicted octanol–water partition coefficient (Wildman–Crippen LogP) is 2.93. The summed E-state index contributed by atoms with van der Waals surface area (Å²) in [5.41, 5.74) is 1.09. The summed E-state index contributed by atoms with van der Waals surface area (Å²) >= 11 is 0. The molecule has 0 heterocycles. The van der Waals surface area contributed by atoms with Gasteiger partial charge in [-0.05, 0) is 30.5 Å². The number of nitrogens with one attached hydrogen (secondary N) is 1. The highest BCUT2D eigenvalue weighted by molar-refractivity contribution is 5.77. The Balaban J connectivity index is 2.45. The zero-order valence-electron chi connectivity index (χ0n) is 12.9. The summed E-state index contributed by atoms with van der Waals surface area (Å²) in [7, 11) is 1.59. The van der Waals surface area contributed by atoms with Crippen molar-refractivity contribution in [2.75, 3.05) is 20.3 Å². The van der Waals surface area contributed by atoms with Gasteiger partial charge in [-0.25, -0.2) is 0 Å². The van der Waals surface area contributed by atoms with Crippen molar-refractivity contribution in [1.82, 2.24) is 5.32 Å². The van der Waals surface area contributed by atoms with Crippen molar-refractivity contribution in [2.24, 2.45) is 5.92 Å². The summed E-state index contributed by atoms with van der Waals surface area (Å²) in [5.74, 6) is 1.68. The highest BCUT2D eigenvalue weighted by atomic mass is 16.5. The lowest BCUT2D eigenvalue weighted by Gasteiger charge is -2.14. The molecule has 112 valence electrons. The molecule has 0 radical (unpaired) electrons. The van der Waals surface area contributed by atoms with E-state index in [1.165, 1.54) is 0 Å². The van der Waals surface area contributed by atoms with Crippen molar-refractivity contribution in [3.8, 4) is 11.5 Å². The van der Waals surface area contributed by atoms with Gasteiger partial charge in [0.15, 0.2) is 18.1 Å². The van der Waals surface area contributed by atoms with E-state index in [9.17, 15) is 4.79 Å². The summed E-state index contributed by atoms with van der Waals surface area (Å²) in [6.07, 6.45) is 2.15. The van der Waals surface area contributed by atoms with Crippen molar-refractivity contribution in [1.29, 1.82) is 0 Å². The van der Waals surface area contributed by atoms with Crippen LogP contribution in [0.5, 0.6) is 11.5 Å². The fourth-order valence-corrected chi connectivity index (χ4v) is 1.92. The average molecular weight is 279 g/mol. The minimum atomic E-state index is -0.0977. The summed E-state index contributed by atoms with van der Waals surface area (Å²) in [6, 6.07) is 5.64. The van der Waals surface area contributed by atoms with Crippen LogP contribution in [0, 0.1) is 12.8 Å². The SMILES string of the molecule is CCC(CC)CNC(=O)COc1ccc(C)cc1OC. The molecule has 0 unspecified atom stereocenters. The Labute approximate surface area is 121 Å². The Hall–Kier alpha value is -1.71. The standard InChI is InChI=1S/C16H25NO3/c1-5-13(6-2)10-17-16(18)11-20-14-8-7-12(3)9-15(14)19-4/h7-9,13H,5-6,10-11H2,1-4H3,(H,17,18). The summed E-state index contributed by atoms with van der Waals surface area (Å²) in [4.78, 5) is 11.7. The monoisotopic (exact) mass is 279 g/mol. The fourth-order valence-electron chi connectivity index (χ4n) is 1.92. The zero-order chi connectivity index (χ0) is 15.0. The number of methoxy groups -OCH3 is 1. The van der Waals surface area contributed by atoms with Gasteiger partial charge in [-0.2, -0.15) is 0 Å². The molecule has 0 saturated heterocycles.